The van der Waals surface area contributed by atoms with Gasteiger partial charge in [0.15, 0.2) is 0 Å². The van der Waals surface area contributed by atoms with Crippen molar-refractivity contribution in [2.45, 2.75) is 37.8 Å². The average molecular weight is 351 g/mol. The van der Waals surface area contributed by atoms with Crippen molar-refractivity contribution < 1.29 is 4.74 Å². The highest BCUT2D eigenvalue weighted by molar-refractivity contribution is 5.79. The minimum atomic E-state index is -0.0444. The van der Waals surface area contributed by atoms with E-state index in [1.165, 1.54) is 0 Å². The average Bonchev–Trinajstić information content (AvgIpc) is 3.20. The lowest BCUT2D eigenvalue weighted by atomic mass is 9.86. The molecule has 1 aliphatic carbocycles. The number of nitrogens with one attached hydrogen (secondary N) is 2. The van der Waals surface area contributed by atoms with E-state index in [2.05, 4.69) is 12.1 Å². The molecule has 2 aliphatic rings. The molecule has 4 rings (SSSR count). The first-order chi connectivity index (χ1) is 12.6. The molecule has 26 heavy (non-hydrogen) atoms. The third kappa shape index (κ3) is 3.12. The zero-order chi connectivity index (χ0) is 18.1. The van der Waals surface area contributed by atoms with E-state index in [1.807, 2.05) is 23.1 Å². The molecule has 6 heteroatoms. The van der Waals surface area contributed by atoms with E-state index >= 15 is 0 Å². The fourth-order valence-corrected chi connectivity index (χ4v) is 3.88. The lowest BCUT2D eigenvalue weighted by molar-refractivity contribution is 0.176. The Bertz CT molecular complexity index is 869. The molecule has 1 unspecified atom stereocenters. The Labute approximate surface area is 153 Å². The summed E-state index contributed by atoms with van der Waals surface area (Å²) in [4.78, 5) is 2.01. The first-order valence-corrected chi connectivity index (χ1v) is 9.26. The molecule has 0 saturated carbocycles. The second kappa shape index (κ2) is 6.96. The van der Waals surface area contributed by atoms with Gasteiger partial charge < -0.3 is 15.4 Å². The van der Waals surface area contributed by atoms with Crippen LogP contribution in [0.5, 0.6) is 5.75 Å². The highest BCUT2D eigenvalue weighted by Gasteiger charge is 2.26. The Morgan fingerprint density at radius 3 is 2.54 bits per heavy atom. The van der Waals surface area contributed by atoms with Crippen LogP contribution in [-0.4, -0.2) is 28.5 Å². The van der Waals surface area contributed by atoms with Crippen molar-refractivity contribution in [2.75, 3.05) is 13.1 Å². The predicted octanol–water partition coefficient (Wildman–Crippen LogP) is 2.76. The summed E-state index contributed by atoms with van der Waals surface area (Å²) < 4.78 is 7.86. The van der Waals surface area contributed by atoms with Crippen LogP contribution < -0.4 is 16.0 Å². The van der Waals surface area contributed by atoms with Crippen molar-refractivity contribution in [3.8, 4) is 5.75 Å². The smallest absolute Gasteiger partial charge is 0.203 e. The van der Waals surface area contributed by atoms with Crippen molar-refractivity contribution in [3.05, 3.63) is 59.2 Å². The zero-order valence-electron chi connectivity index (χ0n) is 14.8. The van der Waals surface area contributed by atoms with Crippen LogP contribution >= 0.6 is 0 Å². The highest BCUT2D eigenvalue weighted by atomic mass is 16.5. The Morgan fingerprint density at radius 1 is 1.04 bits per heavy atom. The molecule has 0 amide bonds. The first-order valence-electron chi connectivity index (χ1n) is 9.26. The third-order valence-corrected chi connectivity index (χ3v) is 5.32. The van der Waals surface area contributed by atoms with Crippen molar-refractivity contribution >= 4 is 5.96 Å². The summed E-state index contributed by atoms with van der Waals surface area (Å²) in [5, 5.41) is 16.6. The summed E-state index contributed by atoms with van der Waals surface area (Å²) in [7, 11) is 0. The topological polar surface area (TPSA) is 91.1 Å². The molecule has 136 valence electrons. The molecule has 4 N–H and O–H groups in total. The summed E-state index contributed by atoms with van der Waals surface area (Å²) in [6, 6.07) is 11.8. The van der Waals surface area contributed by atoms with Gasteiger partial charge in [0, 0.05) is 19.1 Å². The largest absolute Gasteiger partial charge is 0.484 e. The number of fused-ring (bicyclic) bond motifs is 1. The normalized spacial score (nSPS) is 22.1. The Morgan fingerprint density at radius 2 is 1.77 bits per heavy atom. The van der Waals surface area contributed by atoms with Crippen molar-refractivity contribution in [3.63, 3.8) is 0 Å². The Kier molecular flexibility index (Phi) is 4.51. The molecule has 1 fully saturated rings. The number of benzene rings is 1. The number of rotatable bonds is 2. The second-order valence-corrected chi connectivity index (χ2v) is 7.06. The van der Waals surface area contributed by atoms with Gasteiger partial charge in [-0.05, 0) is 48.9 Å². The minimum absolute atomic E-state index is 0.0444. The highest BCUT2D eigenvalue weighted by Crippen LogP contribution is 2.37. The third-order valence-electron chi connectivity index (χ3n) is 5.32. The van der Waals surface area contributed by atoms with Gasteiger partial charge in [-0.2, -0.15) is 0 Å². The molecular formula is C20H25N5O. The van der Waals surface area contributed by atoms with Crippen LogP contribution in [0.2, 0.25) is 0 Å². The Balaban J connectivity index is 1.60. The summed E-state index contributed by atoms with van der Waals surface area (Å²) in [5.41, 5.74) is 8.82. The molecule has 1 aromatic carbocycles. The number of nitrogens with zero attached hydrogens (tertiary/aromatic N) is 2. The Hall–Kier alpha value is -2.60. The fourth-order valence-electron chi connectivity index (χ4n) is 3.88. The molecule has 0 spiro atoms. The number of likely N-dealkylation sites (tertiary alicyclic amines) is 1. The molecule has 1 aliphatic heterocycles. The lowest BCUT2D eigenvalue weighted by Crippen LogP contribution is -2.38. The zero-order valence-corrected chi connectivity index (χ0v) is 14.8. The SMILES string of the molecule is N=C(N1CCCC1)n1cc(OC2CC[C@H](N)c3ccccc32)ccc1=N. The van der Waals surface area contributed by atoms with Gasteiger partial charge in [-0.15, -0.1) is 0 Å². The van der Waals surface area contributed by atoms with Gasteiger partial charge in [-0.25, -0.2) is 0 Å². The molecule has 6 nitrogen and oxygen atoms in total. The van der Waals surface area contributed by atoms with E-state index in [4.69, 9.17) is 21.3 Å². The number of nitrogens with two attached hydrogens (primary N) is 1. The van der Waals surface area contributed by atoms with Gasteiger partial charge >= 0.3 is 0 Å². The van der Waals surface area contributed by atoms with E-state index in [0.29, 0.717) is 17.2 Å². The number of aromatic nitrogens is 1. The number of hydrogen-bond acceptors (Lipinski definition) is 4. The second-order valence-electron chi connectivity index (χ2n) is 7.06. The molecule has 2 heterocycles. The van der Waals surface area contributed by atoms with E-state index in [-0.39, 0.29) is 12.1 Å². The van der Waals surface area contributed by atoms with Gasteiger partial charge in [0.25, 0.3) is 0 Å². The molecule has 1 saturated heterocycles. The lowest BCUT2D eigenvalue weighted by Gasteiger charge is -2.30. The summed E-state index contributed by atoms with van der Waals surface area (Å²) in [5.74, 6) is 1.03. The van der Waals surface area contributed by atoms with Crippen molar-refractivity contribution in [1.82, 2.24) is 9.47 Å². The van der Waals surface area contributed by atoms with Crippen LogP contribution in [0.1, 0.15) is 49.0 Å². The van der Waals surface area contributed by atoms with Gasteiger partial charge in [0.1, 0.15) is 17.3 Å². The van der Waals surface area contributed by atoms with Gasteiger partial charge in [-0.3, -0.25) is 15.4 Å². The number of ether oxygens (including phenoxy) is 1. The summed E-state index contributed by atoms with van der Waals surface area (Å²) in [6.45, 7) is 1.76. The number of pyridine rings is 1. The van der Waals surface area contributed by atoms with E-state index < -0.39 is 0 Å². The summed E-state index contributed by atoms with van der Waals surface area (Å²) in [6.07, 6.45) is 5.68. The molecule has 0 bridgehead atoms. The predicted molar refractivity (Wildman–Crippen MR) is 100 cm³/mol. The maximum atomic E-state index is 8.42. The quantitative estimate of drug-likeness (QED) is 0.574. The van der Waals surface area contributed by atoms with Crippen LogP contribution in [0.15, 0.2) is 42.6 Å². The molecule has 1 aromatic heterocycles. The van der Waals surface area contributed by atoms with Crippen LogP contribution in [0.25, 0.3) is 0 Å². The van der Waals surface area contributed by atoms with Crippen LogP contribution in [0, 0.1) is 10.8 Å². The van der Waals surface area contributed by atoms with Gasteiger partial charge in [0.2, 0.25) is 5.96 Å². The minimum Gasteiger partial charge on any atom is -0.484 e. The molecule has 0 radical (unpaired) electrons. The van der Waals surface area contributed by atoms with E-state index in [9.17, 15) is 0 Å². The van der Waals surface area contributed by atoms with E-state index in [1.54, 1.807) is 16.8 Å². The van der Waals surface area contributed by atoms with Gasteiger partial charge in [0.05, 0.1) is 6.20 Å². The number of hydrogen-bond donors (Lipinski definition) is 3. The van der Waals surface area contributed by atoms with Crippen molar-refractivity contribution in [2.24, 2.45) is 5.73 Å². The molecular weight excluding hydrogens is 326 g/mol. The van der Waals surface area contributed by atoms with Gasteiger partial charge in [-0.1, -0.05) is 24.3 Å². The van der Waals surface area contributed by atoms with Crippen LogP contribution in [-0.2, 0) is 0 Å². The fraction of sp³-hybridized carbons (Fsp3) is 0.400. The standard InChI is InChI=1S/C20H25N5O/c21-17-8-9-18(16-6-2-1-5-15(16)17)26-14-7-10-19(22)25(13-14)20(23)24-11-3-4-12-24/h1-2,5-7,10,13,17-18,22-23H,3-4,8-9,11-12,21H2/t17-,18?/m0/s1. The monoisotopic (exact) mass is 351 g/mol. The maximum Gasteiger partial charge on any atom is 0.203 e. The van der Waals surface area contributed by atoms with Crippen LogP contribution in [0.4, 0.5) is 0 Å². The summed E-state index contributed by atoms with van der Waals surface area (Å²) >= 11 is 0. The van der Waals surface area contributed by atoms with E-state index in [0.717, 1.165) is 49.9 Å². The van der Waals surface area contributed by atoms with Crippen molar-refractivity contribution in [1.29, 1.82) is 10.8 Å². The molecule has 2 atom stereocenters. The van der Waals surface area contributed by atoms with Crippen LogP contribution in [0.3, 0.4) is 0 Å². The maximum absolute atomic E-state index is 8.42. The first kappa shape index (κ1) is 16.8. The molecule has 2 aromatic rings.